The maximum absolute atomic E-state index is 13.1. The minimum absolute atomic E-state index is 0.185. The number of aromatic nitrogens is 1. The second-order valence-electron chi connectivity index (χ2n) is 3.95. The lowest BCUT2D eigenvalue weighted by molar-refractivity contribution is 0.515. The van der Waals surface area contributed by atoms with E-state index in [1.54, 1.807) is 23.6 Å². The standard InChI is InChI=1S/C13H14ClFN2S/c1-2-12(13-16-5-6-18-13)17-8-9-7-10(15)3-4-11(9)14/h3-7,12,17H,2,8H2,1H3. The second-order valence-corrected chi connectivity index (χ2v) is 5.28. The van der Waals surface area contributed by atoms with Gasteiger partial charge in [0, 0.05) is 23.1 Å². The molecule has 1 heterocycles. The van der Waals surface area contributed by atoms with Gasteiger partial charge in [-0.15, -0.1) is 11.3 Å². The first kappa shape index (κ1) is 13.5. The van der Waals surface area contributed by atoms with Crippen molar-refractivity contribution in [1.82, 2.24) is 10.3 Å². The number of benzene rings is 1. The van der Waals surface area contributed by atoms with Gasteiger partial charge in [0.1, 0.15) is 10.8 Å². The summed E-state index contributed by atoms with van der Waals surface area (Å²) in [5.41, 5.74) is 0.770. The minimum atomic E-state index is -0.265. The number of nitrogens with zero attached hydrogens (tertiary/aromatic N) is 1. The maximum Gasteiger partial charge on any atom is 0.123 e. The van der Waals surface area contributed by atoms with Crippen LogP contribution < -0.4 is 5.32 Å². The molecule has 0 saturated heterocycles. The van der Waals surface area contributed by atoms with Crippen molar-refractivity contribution in [1.29, 1.82) is 0 Å². The molecular formula is C13H14ClFN2S. The number of hydrogen-bond acceptors (Lipinski definition) is 3. The minimum Gasteiger partial charge on any atom is -0.304 e. The third kappa shape index (κ3) is 3.28. The first-order chi connectivity index (χ1) is 8.70. The third-order valence-corrected chi connectivity index (χ3v) is 3.96. The van der Waals surface area contributed by atoms with E-state index in [1.807, 2.05) is 5.38 Å². The van der Waals surface area contributed by atoms with E-state index in [1.165, 1.54) is 12.1 Å². The van der Waals surface area contributed by atoms with Crippen LogP contribution in [0.5, 0.6) is 0 Å². The van der Waals surface area contributed by atoms with Crippen LogP contribution in [0.3, 0.4) is 0 Å². The summed E-state index contributed by atoms with van der Waals surface area (Å²) < 4.78 is 13.1. The van der Waals surface area contributed by atoms with Gasteiger partial charge in [0.05, 0.1) is 6.04 Å². The number of thiazole rings is 1. The lowest BCUT2D eigenvalue weighted by Gasteiger charge is -2.15. The quantitative estimate of drug-likeness (QED) is 0.891. The average molecular weight is 285 g/mol. The van der Waals surface area contributed by atoms with Crippen LogP contribution in [0.4, 0.5) is 4.39 Å². The fraction of sp³-hybridized carbons (Fsp3) is 0.308. The van der Waals surface area contributed by atoms with Crippen molar-refractivity contribution in [2.45, 2.75) is 25.9 Å². The summed E-state index contributed by atoms with van der Waals surface area (Å²) in [6.07, 6.45) is 2.72. The zero-order chi connectivity index (χ0) is 13.0. The lowest BCUT2D eigenvalue weighted by Crippen LogP contribution is -2.20. The van der Waals surface area contributed by atoms with E-state index in [4.69, 9.17) is 11.6 Å². The first-order valence-corrected chi connectivity index (χ1v) is 7.03. The van der Waals surface area contributed by atoms with Crippen LogP contribution in [-0.2, 0) is 6.54 Å². The molecule has 0 aliphatic heterocycles. The Bertz CT molecular complexity index is 502. The van der Waals surface area contributed by atoms with E-state index in [0.29, 0.717) is 11.6 Å². The van der Waals surface area contributed by atoms with Gasteiger partial charge >= 0.3 is 0 Å². The van der Waals surface area contributed by atoms with Crippen molar-refractivity contribution in [2.75, 3.05) is 0 Å². The van der Waals surface area contributed by atoms with Gasteiger partial charge in [0.25, 0.3) is 0 Å². The van der Waals surface area contributed by atoms with Crippen molar-refractivity contribution in [3.8, 4) is 0 Å². The summed E-state index contributed by atoms with van der Waals surface area (Å²) in [4.78, 5) is 4.29. The first-order valence-electron chi connectivity index (χ1n) is 5.77. The Morgan fingerprint density at radius 2 is 2.33 bits per heavy atom. The van der Waals surface area contributed by atoms with E-state index < -0.39 is 0 Å². The SMILES string of the molecule is CCC(NCc1cc(F)ccc1Cl)c1nccs1. The number of nitrogens with one attached hydrogen (secondary N) is 1. The van der Waals surface area contributed by atoms with Crippen LogP contribution in [-0.4, -0.2) is 4.98 Å². The smallest absolute Gasteiger partial charge is 0.123 e. The highest BCUT2D eigenvalue weighted by atomic mass is 35.5. The van der Waals surface area contributed by atoms with E-state index in [0.717, 1.165) is 17.0 Å². The fourth-order valence-electron chi connectivity index (χ4n) is 1.72. The second kappa shape index (κ2) is 6.27. The molecular weight excluding hydrogens is 271 g/mol. The summed E-state index contributed by atoms with van der Waals surface area (Å²) in [5, 5.41) is 6.93. The van der Waals surface area contributed by atoms with Crippen molar-refractivity contribution in [3.63, 3.8) is 0 Å². The van der Waals surface area contributed by atoms with Gasteiger partial charge in [-0.1, -0.05) is 18.5 Å². The van der Waals surface area contributed by atoms with Gasteiger partial charge in [-0.2, -0.15) is 0 Å². The lowest BCUT2D eigenvalue weighted by atomic mass is 10.2. The Morgan fingerprint density at radius 3 is 3.00 bits per heavy atom. The predicted molar refractivity (Wildman–Crippen MR) is 73.4 cm³/mol. The van der Waals surface area contributed by atoms with Gasteiger partial charge in [-0.3, -0.25) is 0 Å². The van der Waals surface area contributed by atoms with Crippen molar-refractivity contribution in [2.24, 2.45) is 0 Å². The van der Waals surface area contributed by atoms with Gasteiger partial charge < -0.3 is 5.32 Å². The summed E-state index contributed by atoms with van der Waals surface area (Å²) >= 11 is 7.65. The molecule has 0 saturated carbocycles. The monoisotopic (exact) mass is 284 g/mol. The molecule has 2 aromatic rings. The zero-order valence-corrected chi connectivity index (χ0v) is 11.6. The van der Waals surface area contributed by atoms with E-state index in [9.17, 15) is 4.39 Å². The molecule has 1 N–H and O–H groups in total. The molecule has 1 aromatic heterocycles. The van der Waals surface area contributed by atoms with Gasteiger partial charge in [0.2, 0.25) is 0 Å². The predicted octanol–water partition coefficient (Wildman–Crippen LogP) is 4.18. The average Bonchev–Trinajstić information content (AvgIpc) is 2.88. The molecule has 0 aliphatic rings. The molecule has 96 valence electrons. The third-order valence-electron chi connectivity index (χ3n) is 2.70. The molecule has 2 rings (SSSR count). The molecule has 1 unspecified atom stereocenters. The molecule has 18 heavy (non-hydrogen) atoms. The summed E-state index contributed by atoms with van der Waals surface area (Å²) in [7, 11) is 0. The van der Waals surface area contributed by atoms with Crippen LogP contribution in [0.2, 0.25) is 5.02 Å². The highest BCUT2D eigenvalue weighted by Crippen LogP contribution is 2.21. The number of halogens is 2. The normalized spacial score (nSPS) is 12.6. The Balaban J connectivity index is 2.04. The van der Waals surface area contributed by atoms with Crippen molar-refractivity contribution >= 4 is 22.9 Å². The van der Waals surface area contributed by atoms with Gasteiger partial charge in [-0.25, -0.2) is 9.37 Å². The molecule has 5 heteroatoms. The number of hydrogen-bond donors (Lipinski definition) is 1. The van der Waals surface area contributed by atoms with Gasteiger partial charge in [0.15, 0.2) is 0 Å². The summed E-state index contributed by atoms with van der Waals surface area (Å²) in [5.74, 6) is -0.265. The summed E-state index contributed by atoms with van der Waals surface area (Å²) in [6, 6.07) is 4.59. The molecule has 0 bridgehead atoms. The molecule has 0 amide bonds. The molecule has 1 aromatic carbocycles. The Labute approximate surface area is 115 Å². The maximum atomic E-state index is 13.1. The Morgan fingerprint density at radius 1 is 1.50 bits per heavy atom. The largest absolute Gasteiger partial charge is 0.304 e. The van der Waals surface area contributed by atoms with Crippen molar-refractivity contribution in [3.05, 3.63) is 51.2 Å². The highest BCUT2D eigenvalue weighted by Gasteiger charge is 2.12. The highest BCUT2D eigenvalue weighted by molar-refractivity contribution is 7.09. The molecule has 0 aliphatic carbocycles. The molecule has 0 spiro atoms. The van der Waals surface area contributed by atoms with Crippen LogP contribution in [0.15, 0.2) is 29.8 Å². The Kier molecular flexibility index (Phi) is 4.69. The van der Waals surface area contributed by atoms with Crippen LogP contribution >= 0.6 is 22.9 Å². The molecule has 0 fully saturated rings. The Hall–Kier alpha value is -0.970. The van der Waals surface area contributed by atoms with E-state index >= 15 is 0 Å². The van der Waals surface area contributed by atoms with Gasteiger partial charge in [-0.05, 0) is 30.2 Å². The molecule has 1 atom stereocenters. The summed E-state index contributed by atoms with van der Waals surface area (Å²) in [6.45, 7) is 2.63. The zero-order valence-electron chi connectivity index (χ0n) is 9.99. The fourth-order valence-corrected chi connectivity index (χ4v) is 2.71. The topological polar surface area (TPSA) is 24.9 Å². The number of rotatable bonds is 5. The van der Waals surface area contributed by atoms with Crippen molar-refractivity contribution < 1.29 is 4.39 Å². The molecule has 0 radical (unpaired) electrons. The van der Waals surface area contributed by atoms with Crippen LogP contribution in [0.25, 0.3) is 0 Å². The van der Waals surface area contributed by atoms with E-state index in [-0.39, 0.29) is 11.9 Å². The van der Waals surface area contributed by atoms with Crippen LogP contribution in [0.1, 0.15) is 30.0 Å². The van der Waals surface area contributed by atoms with E-state index in [2.05, 4.69) is 17.2 Å². The molecule has 2 nitrogen and oxygen atoms in total. The van der Waals surface area contributed by atoms with Crippen LogP contribution in [0, 0.1) is 5.82 Å².